The predicted octanol–water partition coefficient (Wildman–Crippen LogP) is 7.20. The van der Waals surface area contributed by atoms with E-state index in [1.165, 1.54) is 83.5 Å². The molecule has 0 spiro atoms. The first kappa shape index (κ1) is 26.0. The van der Waals surface area contributed by atoms with E-state index in [0.717, 1.165) is 13.0 Å². The van der Waals surface area contributed by atoms with Crippen LogP contribution in [-0.2, 0) is 4.74 Å². The molecule has 0 radical (unpaired) electrons. The van der Waals surface area contributed by atoms with Gasteiger partial charge in [0.05, 0.1) is 12.7 Å². The van der Waals surface area contributed by atoms with E-state index >= 15 is 0 Å². The van der Waals surface area contributed by atoms with Crippen molar-refractivity contribution in [2.24, 2.45) is 11.7 Å². The summed E-state index contributed by atoms with van der Waals surface area (Å²) < 4.78 is 5.39. The van der Waals surface area contributed by atoms with Crippen molar-refractivity contribution < 1.29 is 4.74 Å². The van der Waals surface area contributed by atoms with E-state index in [2.05, 4.69) is 32.9 Å². The van der Waals surface area contributed by atoms with Gasteiger partial charge in [-0.2, -0.15) is 0 Å². The van der Waals surface area contributed by atoms with Crippen LogP contribution in [0, 0.1) is 5.92 Å². The number of halogens is 1. The average Bonchev–Trinajstić information content (AvgIpc) is 3.37. The molecule has 0 aliphatic carbocycles. The lowest BCUT2D eigenvalue weighted by molar-refractivity contribution is 0.246. The highest BCUT2D eigenvalue weighted by Crippen LogP contribution is 2.30. The van der Waals surface area contributed by atoms with Gasteiger partial charge in [0.25, 0.3) is 0 Å². The predicted molar refractivity (Wildman–Crippen MR) is 118 cm³/mol. The number of hydrogen-bond donors (Lipinski definition) is 1. The maximum Gasteiger partial charge on any atom is 0.0813 e. The molecule has 2 atom stereocenters. The van der Waals surface area contributed by atoms with Crippen LogP contribution in [0.2, 0.25) is 0 Å². The molecule has 0 aromatic heterocycles. The van der Waals surface area contributed by atoms with Gasteiger partial charge in [0.15, 0.2) is 0 Å². The van der Waals surface area contributed by atoms with Crippen molar-refractivity contribution in [3.05, 3.63) is 12.2 Å². The summed E-state index contributed by atoms with van der Waals surface area (Å²) in [6.45, 7) is 7.59. The summed E-state index contributed by atoms with van der Waals surface area (Å²) in [5, 5.41) is 0. The van der Waals surface area contributed by atoms with E-state index in [1.54, 1.807) is 0 Å². The van der Waals surface area contributed by atoms with Crippen molar-refractivity contribution in [1.29, 1.82) is 0 Å². The Labute approximate surface area is 170 Å². The number of nitrogens with two attached hydrogens (primary N) is 1. The molecule has 1 saturated heterocycles. The van der Waals surface area contributed by atoms with Crippen LogP contribution in [0.3, 0.4) is 0 Å². The van der Waals surface area contributed by atoms with Crippen molar-refractivity contribution in [1.82, 2.24) is 0 Å². The molecule has 156 valence electrons. The fraction of sp³-hybridized carbons (Fsp3) is 0.913. The molecule has 2 nitrogen and oxygen atoms in total. The third-order valence-electron chi connectivity index (χ3n) is 5.57. The fourth-order valence-corrected chi connectivity index (χ4v) is 3.60. The van der Waals surface area contributed by atoms with E-state index in [-0.39, 0.29) is 17.9 Å². The van der Waals surface area contributed by atoms with Gasteiger partial charge in [-0.05, 0) is 58.3 Å². The van der Waals surface area contributed by atoms with E-state index in [0.29, 0.717) is 12.0 Å². The number of hydrogen-bond acceptors (Lipinski definition) is 2. The highest BCUT2D eigenvalue weighted by molar-refractivity contribution is 5.85. The quantitative estimate of drug-likeness (QED) is 0.163. The zero-order valence-electron chi connectivity index (χ0n) is 17.8. The van der Waals surface area contributed by atoms with Crippen LogP contribution in [0.15, 0.2) is 12.2 Å². The van der Waals surface area contributed by atoms with Gasteiger partial charge in [0.2, 0.25) is 0 Å². The Morgan fingerprint density at radius 1 is 0.923 bits per heavy atom. The summed E-state index contributed by atoms with van der Waals surface area (Å²) in [5.74, 6) is 0.609. The van der Waals surface area contributed by atoms with Crippen molar-refractivity contribution in [2.75, 3.05) is 6.61 Å². The molecule has 1 aliphatic rings. The molecule has 0 amide bonds. The van der Waals surface area contributed by atoms with Gasteiger partial charge < -0.3 is 10.5 Å². The SMILES string of the molecule is CCCCCCCC/C=C\CCCCCCC(CC1CO1)C(C)(C)N.Cl. The van der Waals surface area contributed by atoms with Crippen molar-refractivity contribution in [3.8, 4) is 0 Å². The minimum absolute atomic E-state index is 0. The first-order chi connectivity index (χ1) is 12.0. The Bertz CT molecular complexity index is 334. The Kier molecular flexibility index (Phi) is 15.9. The topological polar surface area (TPSA) is 38.5 Å². The molecular weight excluding hydrogens is 342 g/mol. The molecule has 1 fully saturated rings. The number of unbranched alkanes of at least 4 members (excludes halogenated alkanes) is 10. The lowest BCUT2D eigenvalue weighted by Crippen LogP contribution is -2.41. The van der Waals surface area contributed by atoms with Gasteiger partial charge >= 0.3 is 0 Å². The molecule has 1 rings (SSSR count). The van der Waals surface area contributed by atoms with Gasteiger partial charge in [-0.15, -0.1) is 12.4 Å². The lowest BCUT2D eigenvalue weighted by Gasteiger charge is -2.30. The monoisotopic (exact) mass is 387 g/mol. The standard InChI is InChI=1S/C23H45NO.ClH/c1-4-5-6-7-8-9-10-11-12-13-14-15-16-17-18-21(23(2,3)24)19-22-20-25-22;/h11-12,21-22H,4-10,13-20,24H2,1-3H3;1H/b12-11-;. The molecule has 0 saturated carbocycles. The van der Waals surface area contributed by atoms with E-state index < -0.39 is 0 Å². The second-order valence-electron chi connectivity index (χ2n) is 8.73. The third-order valence-corrected chi connectivity index (χ3v) is 5.57. The van der Waals surface area contributed by atoms with Crippen molar-refractivity contribution >= 4 is 12.4 Å². The number of epoxide rings is 1. The van der Waals surface area contributed by atoms with Crippen LogP contribution in [0.4, 0.5) is 0 Å². The van der Waals surface area contributed by atoms with Crippen LogP contribution in [0.5, 0.6) is 0 Å². The molecule has 2 N–H and O–H groups in total. The van der Waals surface area contributed by atoms with Gasteiger partial charge in [0.1, 0.15) is 0 Å². The third kappa shape index (κ3) is 15.1. The molecule has 1 heterocycles. The molecule has 0 aromatic carbocycles. The van der Waals surface area contributed by atoms with Crippen LogP contribution >= 0.6 is 12.4 Å². The van der Waals surface area contributed by atoms with Crippen LogP contribution in [-0.4, -0.2) is 18.2 Å². The van der Waals surface area contributed by atoms with Gasteiger partial charge in [-0.25, -0.2) is 0 Å². The Morgan fingerprint density at radius 3 is 1.92 bits per heavy atom. The van der Waals surface area contributed by atoms with Crippen LogP contribution < -0.4 is 5.73 Å². The van der Waals surface area contributed by atoms with Gasteiger partial charge in [-0.1, -0.05) is 70.4 Å². The Balaban J connectivity index is 0.00000625. The average molecular weight is 388 g/mol. The van der Waals surface area contributed by atoms with E-state index in [9.17, 15) is 0 Å². The van der Waals surface area contributed by atoms with Crippen molar-refractivity contribution in [3.63, 3.8) is 0 Å². The Morgan fingerprint density at radius 2 is 1.42 bits per heavy atom. The summed E-state index contributed by atoms with van der Waals surface area (Å²) in [5.41, 5.74) is 6.28. The molecule has 0 aromatic rings. The van der Waals surface area contributed by atoms with Crippen LogP contribution in [0.1, 0.15) is 111 Å². The number of allylic oxidation sites excluding steroid dienone is 2. The normalized spacial score (nSPS) is 18.1. The minimum Gasteiger partial charge on any atom is -0.373 e. The Hall–Kier alpha value is -0.0500. The summed E-state index contributed by atoms with van der Waals surface area (Å²) in [6.07, 6.45) is 24.0. The molecule has 3 heteroatoms. The summed E-state index contributed by atoms with van der Waals surface area (Å²) >= 11 is 0. The zero-order chi connectivity index (χ0) is 18.4. The molecule has 26 heavy (non-hydrogen) atoms. The van der Waals surface area contributed by atoms with Gasteiger partial charge in [0, 0.05) is 5.54 Å². The van der Waals surface area contributed by atoms with E-state index in [4.69, 9.17) is 10.5 Å². The molecule has 1 aliphatic heterocycles. The second-order valence-corrected chi connectivity index (χ2v) is 8.73. The largest absolute Gasteiger partial charge is 0.373 e. The maximum absolute atomic E-state index is 6.35. The summed E-state index contributed by atoms with van der Waals surface area (Å²) in [7, 11) is 0. The van der Waals surface area contributed by atoms with Crippen molar-refractivity contribution in [2.45, 2.75) is 122 Å². The summed E-state index contributed by atoms with van der Waals surface area (Å²) in [4.78, 5) is 0. The zero-order valence-corrected chi connectivity index (χ0v) is 18.6. The summed E-state index contributed by atoms with van der Waals surface area (Å²) in [6, 6.07) is 0. The minimum atomic E-state index is -0.0643. The van der Waals surface area contributed by atoms with Crippen LogP contribution in [0.25, 0.3) is 0 Å². The van der Waals surface area contributed by atoms with E-state index in [1.807, 2.05) is 0 Å². The highest BCUT2D eigenvalue weighted by atomic mass is 35.5. The number of ether oxygens (including phenoxy) is 1. The maximum atomic E-state index is 6.35. The second kappa shape index (κ2) is 16.0. The first-order valence-corrected chi connectivity index (χ1v) is 11.1. The fourth-order valence-electron chi connectivity index (χ4n) is 3.60. The lowest BCUT2D eigenvalue weighted by atomic mass is 9.81. The first-order valence-electron chi connectivity index (χ1n) is 11.1. The van der Waals surface area contributed by atoms with Gasteiger partial charge in [-0.3, -0.25) is 0 Å². The number of rotatable bonds is 17. The molecule has 0 bridgehead atoms. The highest BCUT2D eigenvalue weighted by Gasteiger charge is 2.32. The molecule has 2 unspecified atom stereocenters. The smallest absolute Gasteiger partial charge is 0.0813 e. The molecular formula is C23H46ClNO.